The van der Waals surface area contributed by atoms with Gasteiger partial charge in [-0.25, -0.2) is 9.50 Å². The average Bonchev–Trinajstić information content (AvgIpc) is 3.26. The molecule has 0 unspecified atom stereocenters. The van der Waals surface area contributed by atoms with Crippen LogP contribution in [0.5, 0.6) is 11.6 Å². The molecular formula is C27H29N5O3. The number of anilines is 2. The molecule has 1 aliphatic heterocycles. The van der Waals surface area contributed by atoms with Crippen molar-refractivity contribution >= 4 is 23.1 Å². The van der Waals surface area contributed by atoms with Gasteiger partial charge in [-0.15, -0.1) is 5.10 Å². The van der Waals surface area contributed by atoms with Crippen LogP contribution in [0.25, 0.3) is 5.65 Å². The monoisotopic (exact) mass is 471 g/mol. The first kappa shape index (κ1) is 22.9. The van der Waals surface area contributed by atoms with Crippen LogP contribution in [-0.4, -0.2) is 46.8 Å². The number of carbonyl (C=O) groups is 1. The highest BCUT2D eigenvalue weighted by Crippen LogP contribution is 2.26. The highest BCUT2D eigenvalue weighted by Gasteiger charge is 2.16. The van der Waals surface area contributed by atoms with Gasteiger partial charge in [0.1, 0.15) is 5.75 Å². The topological polar surface area (TPSA) is 81.0 Å². The molecule has 1 amide bonds. The number of amides is 1. The summed E-state index contributed by atoms with van der Waals surface area (Å²) >= 11 is 0. The minimum atomic E-state index is -0.217. The molecule has 1 fully saturated rings. The summed E-state index contributed by atoms with van der Waals surface area (Å²) in [6.07, 6.45) is 1.67. The van der Waals surface area contributed by atoms with Crippen molar-refractivity contribution in [1.82, 2.24) is 14.6 Å². The van der Waals surface area contributed by atoms with Crippen molar-refractivity contribution in [2.75, 3.05) is 36.5 Å². The number of rotatable bonds is 5. The van der Waals surface area contributed by atoms with Gasteiger partial charge in [-0.2, -0.15) is 0 Å². The molecule has 0 saturated carbocycles. The number of benzene rings is 2. The van der Waals surface area contributed by atoms with Gasteiger partial charge >= 0.3 is 0 Å². The Balaban J connectivity index is 1.28. The second kappa shape index (κ2) is 9.38. The van der Waals surface area contributed by atoms with Crippen LogP contribution in [0.3, 0.4) is 0 Å². The molecule has 0 radical (unpaired) electrons. The number of carbonyl (C=O) groups excluding carboxylic acids is 1. The zero-order chi connectivity index (χ0) is 24.4. The predicted molar refractivity (Wildman–Crippen MR) is 136 cm³/mol. The van der Waals surface area contributed by atoms with Gasteiger partial charge in [0.2, 0.25) is 5.88 Å². The molecule has 0 atom stereocenters. The maximum absolute atomic E-state index is 12.7. The quantitative estimate of drug-likeness (QED) is 0.446. The third-order valence-corrected chi connectivity index (χ3v) is 5.97. The molecule has 3 heterocycles. The van der Waals surface area contributed by atoms with Gasteiger partial charge in [0.25, 0.3) is 5.91 Å². The van der Waals surface area contributed by atoms with Gasteiger partial charge in [-0.3, -0.25) is 4.79 Å². The predicted octanol–water partition coefficient (Wildman–Crippen LogP) is 4.91. The van der Waals surface area contributed by atoms with Crippen LogP contribution in [0.2, 0.25) is 0 Å². The molecular weight excluding hydrogens is 442 g/mol. The summed E-state index contributed by atoms with van der Waals surface area (Å²) in [6.45, 7) is 9.60. The lowest BCUT2D eigenvalue weighted by Crippen LogP contribution is -2.36. The van der Waals surface area contributed by atoms with Crippen molar-refractivity contribution in [3.05, 3.63) is 78.0 Å². The summed E-state index contributed by atoms with van der Waals surface area (Å²) < 4.78 is 13.0. The fraction of sp³-hybridized carbons (Fsp3) is 0.296. The van der Waals surface area contributed by atoms with Gasteiger partial charge in [-0.1, -0.05) is 39.0 Å². The lowest BCUT2D eigenvalue weighted by molar-refractivity contribution is 0.102. The van der Waals surface area contributed by atoms with E-state index >= 15 is 0 Å². The minimum Gasteiger partial charge on any atom is -0.438 e. The van der Waals surface area contributed by atoms with E-state index in [2.05, 4.69) is 47.1 Å². The van der Waals surface area contributed by atoms with Crippen molar-refractivity contribution in [2.45, 2.75) is 26.2 Å². The first-order valence-corrected chi connectivity index (χ1v) is 11.7. The van der Waals surface area contributed by atoms with Gasteiger partial charge in [0.15, 0.2) is 11.5 Å². The summed E-state index contributed by atoms with van der Waals surface area (Å²) in [5.41, 5.74) is 3.49. The van der Waals surface area contributed by atoms with Crippen LogP contribution in [0, 0.1) is 0 Å². The Morgan fingerprint density at radius 1 is 1.03 bits per heavy atom. The second-order valence-electron chi connectivity index (χ2n) is 9.58. The van der Waals surface area contributed by atoms with E-state index in [-0.39, 0.29) is 11.3 Å². The molecule has 180 valence electrons. The number of nitrogens with one attached hydrogen (secondary N) is 1. The number of fused-ring (bicyclic) bond motifs is 1. The van der Waals surface area contributed by atoms with Crippen molar-refractivity contribution in [3.8, 4) is 11.6 Å². The zero-order valence-electron chi connectivity index (χ0n) is 20.2. The first-order valence-electron chi connectivity index (χ1n) is 11.7. The normalized spacial score (nSPS) is 14.2. The third kappa shape index (κ3) is 5.27. The molecule has 0 spiro atoms. The average molecular weight is 472 g/mol. The lowest BCUT2D eigenvalue weighted by Gasteiger charge is -2.29. The molecule has 1 N–H and O–H groups in total. The number of imidazole rings is 1. The summed E-state index contributed by atoms with van der Waals surface area (Å²) in [5.74, 6) is 1.34. The van der Waals surface area contributed by atoms with E-state index in [4.69, 9.17) is 9.47 Å². The molecule has 8 heteroatoms. The van der Waals surface area contributed by atoms with Crippen LogP contribution in [-0.2, 0) is 10.2 Å². The van der Waals surface area contributed by atoms with Crippen LogP contribution in [0.4, 0.5) is 11.5 Å². The summed E-state index contributed by atoms with van der Waals surface area (Å²) in [7, 11) is 0. The molecule has 5 rings (SSSR count). The zero-order valence-corrected chi connectivity index (χ0v) is 20.2. The fourth-order valence-corrected chi connectivity index (χ4v) is 3.98. The van der Waals surface area contributed by atoms with Crippen molar-refractivity contribution < 1.29 is 14.3 Å². The highest BCUT2D eigenvalue weighted by molar-refractivity contribution is 6.03. The van der Waals surface area contributed by atoms with E-state index in [0.29, 0.717) is 28.7 Å². The molecule has 4 aromatic rings. The Kier molecular flexibility index (Phi) is 6.13. The second-order valence-corrected chi connectivity index (χ2v) is 9.58. The number of ether oxygens (including phenoxy) is 2. The summed E-state index contributed by atoms with van der Waals surface area (Å²) in [6, 6.07) is 19.1. The summed E-state index contributed by atoms with van der Waals surface area (Å²) in [5, 5.41) is 7.35. The van der Waals surface area contributed by atoms with E-state index in [0.717, 1.165) is 32.0 Å². The van der Waals surface area contributed by atoms with Crippen LogP contribution in [0.15, 0.2) is 66.9 Å². The first-order chi connectivity index (χ1) is 16.8. The Hall–Kier alpha value is -3.91. The van der Waals surface area contributed by atoms with Crippen LogP contribution < -0.4 is 15.0 Å². The minimum absolute atomic E-state index is 0.0336. The molecule has 35 heavy (non-hydrogen) atoms. The number of nitrogens with zero attached hydrogens (tertiary/aromatic N) is 4. The van der Waals surface area contributed by atoms with E-state index < -0.39 is 0 Å². The standard InChI is InChI=1S/C27H29N5O3/c1-27(2,3)20-9-7-19(8-10-20)26(33)29-23-18-32-24(28-23)11-12-25(30-32)35-22-6-4-5-21(17-22)31-13-15-34-16-14-31/h4-12,17-18H,13-16H2,1-3H3,(H,29,33). The Labute approximate surface area is 204 Å². The molecule has 8 nitrogen and oxygen atoms in total. The van der Waals surface area contributed by atoms with Gasteiger partial charge in [-0.05, 0) is 41.3 Å². The molecule has 2 aromatic heterocycles. The maximum atomic E-state index is 12.7. The smallest absolute Gasteiger partial charge is 0.256 e. The molecule has 2 aromatic carbocycles. The summed E-state index contributed by atoms with van der Waals surface area (Å²) in [4.78, 5) is 19.4. The van der Waals surface area contributed by atoms with Crippen molar-refractivity contribution in [3.63, 3.8) is 0 Å². The van der Waals surface area contributed by atoms with Gasteiger partial charge in [0.05, 0.1) is 19.4 Å². The maximum Gasteiger partial charge on any atom is 0.256 e. The fourth-order valence-electron chi connectivity index (χ4n) is 3.98. The lowest BCUT2D eigenvalue weighted by atomic mass is 9.87. The van der Waals surface area contributed by atoms with Crippen LogP contribution in [0.1, 0.15) is 36.7 Å². The molecule has 0 aliphatic carbocycles. The SMILES string of the molecule is CC(C)(C)c1ccc(C(=O)Nc2cn3nc(Oc4cccc(N5CCOCC5)c4)ccc3n2)cc1. The van der Waals surface area contributed by atoms with E-state index in [1.165, 1.54) is 5.56 Å². The Morgan fingerprint density at radius 3 is 2.54 bits per heavy atom. The Bertz CT molecular complexity index is 1340. The highest BCUT2D eigenvalue weighted by atomic mass is 16.5. The van der Waals surface area contributed by atoms with Gasteiger partial charge < -0.3 is 19.7 Å². The number of hydrogen-bond donors (Lipinski definition) is 1. The molecule has 0 bridgehead atoms. The number of hydrogen-bond acceptors (Lipinski definition) is 6. The number of aromatic nitrogens is 3. The van der Waals surface area contributed by atoms with Crippen molar-refractivity contribution in [1.29, 1.82) is 0 Å². The molecule has 1 aliphatic rings. The van der Waals surface area contributed by atoms with Crippen LogP contribution >= 0.6 is 0 Å². The van der Waals surface area contributed by atoms with E-state index in [9.17, 15) is 4.79 Å². The third-order valence-electron chi connectivity index (χ3n) is 5.97. The van der Waals surface area contributed by atoms with Crippen molar-refractivity contribution in [2.24, 2.45) is 0 Å². The largest absolute Gasteiger partial charge is 0.438 e. The Morgan fingerprint density at radius 2 is 1.80 bits per heavy atom. The van der Waals surface area contributed by atoms with Gasteiger partial charge in [0, 0.05) is 36.5 Å². The van der Waals surface area contributed by atoms with E-state index in [1.807, 2.05) is 48.5 Å². The number of morpholine rings is 1. The van der Waals surface area contributed by atoms with E-state index in [1.54, 1.807) is 16.8 Å². The molecule has 1 saturated heterocycles.